The zero-order valence-electron chi connectivity index (χ0n) is 27.4. The molecule has 0 atom stereocenters. The van der Waals surface area contributed by atoms with Crippen molar-refractivity contribution < 1.29 is 9.59 Å². The van der Waals surface area contributed by atoms with Crippen LogP contribution in [0.25, 0.3) is 10.9 Å². The fraction of sp³-hybridized carbons (Fsp3) is 0.514. The molecule has 3 heterocycles. The van der Waals surface area contributed by atoms with Gasteiger partial charge in [0.1, 0.15) is 0 Å². The molecule has 3 aromatic rings. The van der Waals surface area contributed by atoms with Crippen LogP contribution in [0.4, 0.5) is 11.4 Å². The Balaban J connectivity index is 1.19. The highest BCUT2D eigenvalue weighted by Gasteiger charge is 2.15. The quantitative estimate of drug-likeness (QED) is 0.230. The van der Waals surface area contributed by atoms with E-state index in [9.17, 15) is 9.59 Å². The second-order valence-electron chi connectivity index (χ2n) is 12.7. The molecule has 0 radical (unpaired) electrons. The summed E-state index contributed by atoms with van der Waals surface area (Å²) in [5, 5.41) is 11.3. The van der Waals surface area contributed by atoms with Gasteiger partial charge in [-0.15, -0.1) is 0 Å². The number of likely N-dealkylation sites (N-methyl/N-ethyl adjacent to an activating group) is 2. The molecule has 2 fully saturated rings. The minimum absolute atomic E-state index is 0.0150. The number of carbonyl (C=O) groups excluding carboxylic acids is 2. The smallest absolute Gasteiger partial charge is 0.224 e. The van der Waals surface area contributed by atoms with Crippen molar-refractivity contribution >= 4 is 45.7 Å². The van der Waals surface area contributed by atoms with Crippen LogP contribution in [0.2, 0.25) is 5.02 Å². The molecule has 11 heteroatoms. The zero-order chi connectivity index (χ0) is 32.3. The maximum absolute atomic E-state index is 13.0. The molecule has 2 aromatic carbocycles. The molecule has 46 heavy (non-hydrogen) atoms. The van der Waals surface area contributed by atoms with Gasteiger partial charge in [0.25, 0.3) is 0 Å². The molecule has 248 valence electrons. The average Bonchev–Trinajstić information content (AvgIpc) is 3.03. The van der Waals surface area contributed by atoms with Gasteiger partial charge in [0, 0.05) is 93.4 Å². The summed E-state index contributed by atoms with van der Waals surface area (Å²) in [5.74, 6) is -0.0299. The van der Waals surface area contributed by atoms with E-state index in [1.54, 1.807) is 6.20 Å². The van der Waals surface area contributed by atoms with E-state index in [-0.39, 0.29) is 24.7 Å². The van der Waals surface area contributed by atoms with Gasteiger partial charge >= 0.3 is 0 Å². The first-order valence-electron chi connectivity index (χ1n) is 16.6. The van der Waals surface area contributed by atoms with E-state index >= 15 is 0 Å². The highest BCUT2D eigenvalue weighted by molar-refractivity contribution is 6.31. The number of fused-ring (bicyclic) bond motifs is 1. The molecule has 2 aliphatic heterocycles. The molecule has 10 nitrogen and oxygen atoms in total. The molecule has 5 rings (SSSR count). The van der Waals surface area contributed by atoms with Crippen LogP contribution in [-0.2, 0) is 22.4 Å². The highest BCUT2D eigenvalue weighted by Crippen LogP contribution is 2.28. The summed E-state index contributed by atoms with van der Waals surface area (Å²) in [7, 11) is 4.32. The average molecular weight is 649 g/mol. The van der Waals surface area contributed by atoms with Gasteiger partial charge in [0.05, 0.1) is 18.4 Å². The fourth-order valence-electron chi connectivity index (χ4n) is 6.12. The van der Waals surface area contributed by atoms with Crippen molar-refractivity contribution in [3.8, 4) is 0 Å². The van der Waals surface area contributed by atoms with E-state index in [1.165, 1.54) is 0 Å². The SMILES string of the molecule is CN1CCN(CCCNC(=O)Cc2cc(CC(=O)NCCCN3CCN(C)CC3)cc(Nc3ccnc4cc(Cl)ccc34)c2)CC1. The van der Waals surface area contributed by atoms with E-state index in [2.05, 4.69) is 54.6 Å². The molecule has 1 aromatic heterocycles. The van der Waals surface area contributed by atoms with Crippen molar-refractivity contribution in [3.05, 3.63) is 64.8 Å². The lowest BCUT2D eigenvalue weighted by Crippen LogP contribution is -2.45. The van der Waals surface area contributed by atoms with Crippen LogP contribution in [0.15, 0.2) is 48.7 Å². The predicted octanol–water partition coefficient (Wildman–Crippen LogP) is 3.22. The zero-order valence-corrected chi connectivity index (χ0v) is 28.1. The van der Waals surface area contributed by atoms with Crippen molar-refractivity contribution in [2.45, 2.75) is 25.7 Å². The maximum Gasteiger partial charge on any atom is 0.224 e. The predicted molar refractivity (Wildman–Crippen MR) is 187 cm³/mol. The van der Waals surface area contributed by atoms with Gasteiger partial charge in [-0.25, -0.2) is 0 Å². The minimum Gasteiger partial charge on any atom is -0.356 e. The molecule has 0 aliphatic carbocycles. The Kier molecular flexibility index (Phi) is 12.6. The Morgan fingerprint density at radius 3 is 1.83 bits per heavy atom. The summed E-state index contributed by atoms with van der Waals surface area (Å²) in [6.45, 7) is 12.0. The third-order valence-corrected chi connectivity index (χ3v) is 9.14. The summed E-state index contributed by atoms with van der Waals surface area (Å²) < 4.78 is 0. The molecule has 2 saturated heterocycles. The van der Waals surface area contributed by atoms with E-state index in [1.807, 2.05) is 42.5 Å². The highest BCUT2D eigenvalue weighted by atomic mass is 35.5. The molecule has 0 unspecified atom stereocenters. The largest absolute Gasteiger partial charge is 0.356 e. The Labute approximate surface area is 278 Å². The molecular weight excluding hydrogens is 600 g/mol. The number of anilines is 2. The summed E-state index contributed by atoms with van der Waals surface area (Å²) in [6.07, 6.45) is 4.09. The van der Waals surface area contributed by atoms with E-state index in [0.717, 1.165) is 112 Å². The number of carbonyl (C=O) groups is 2. The van der Waals surface area contributed by atoms with Crippen molar-refractivity contribution in [2.75, 3.05) is 97.9 Å². The lowest BCUT2D eigenvalue weighted by Gasteiger charge is -2.32. The Hall–Kier alpha value is -3.28. The van der Waals surface area contributed by atoms with Crippen LogP contribution in [0.1, 0.15) is 24.0 Å². The number of piperazine rings is 2. The normalized spacial score (nSPS) is 16.8. The van der Waals surface area contributed by atoms with Crippen LogP contribution < -0.4 is 16.0 Å². The van der Waals surface area contributed by atoms with Gasteiger partial charge in [-0.05, 0) is 87.6 Å². The lowest BCUT2D eigenvalue weighted by atomic mass is 10.0. The first-order valence-corrected chi connectivity index (χ1v) is 17.0. The monoisotopic (exact) mass is 648 g/mol. The summed E-state index contributed by atoms with van der Waals surface area (Å²) in [6, 6.07) is 13.5. The second kappa shape index (κ2) is 17.0. The topological polar surface area (TPSA) is 96.1 Å². The fourth-order valence-corrected chi connectivity index (χ4v) is 6.29. The number of rotatable bonds is 14. The number of benzene rings is 2. The van der Waals surface area contributed by atoms with Crippen LogP contribution in [0.3, 0.4) is 0 Å². The first kappa shape index (κ1) is 34.1. The van der Waals surface area contributed by atoms with Crippen molar-refractivity contribution in [1.82, 2.24) is 35.2 Å². The van der Waals surface area contributed by atoms with Gasteiger partial charge in [-0.3, -0.25) is 14.6 Å². The van der Waals surface area contributed by atoms with Gasteiger partial charge in [-0.2, -0.15) is 0 Å². The number of pyridine rings is 1. The third-order valence-electron chi connectivity index (χ3n) is 8.90. The van der Waals surface area contributed by atoms with Crippen molar-refractivity contribution in [1.29, 1.82) is 0 Å². The summed E-state index contributed by atoms with van der Waals surface area (Å²) in [4.78, 5) is 40.0. The van der Waals surface area contributed by atoms with Crippen molar-refractivity contribution in [3.63, 3.8) is 0 Å². The second-order valence-corrected chi connectivity index (χ2v) is 13.2. The number of amides is 2. The van der Waals surface area contributed by atoms with Crippen LogP contribution in [0.5, 0.6) is 0 Å². The molecule has 0 bridgehead atoms. The third kappa shape index (κ3) is 10.6. The maximum atomic E-state index is 13.0. The molecule has 2 amide bonds. The molecule has 0 spiro atoms. The first-order chi connectivity index (χ1) is 22.3. The van der Waals surface area contributed by atoms with Crippen LogP contribution >= 0.6 is 11.6 Å². The molecule has 0 saturated carbocycles. The minimum atomic E-state index is -0.0150. The van der Waals surface area contributed by atoms with Crippen molar-refractivity contribution in [2.24, 2.45) is 0 Å². The standard InChI is InChI=1S/C35H49ClN8O2/c1-41-13-17-43(18-14-41)11-3-8-38-34(45)24-27-21-28(25-35(46)39-9-4-12-44-19-15-42(2)16-20-44)23-30(22-27)40-32-7-10-37-33-26-29(36)5-6-31(32)33/h5-7,10,21-23,26H,3-4,8-9,11-20,24-25H2,1-2H3,(H,37,40)(H,38,45)(H,39,46). The molecular formula is C35H49ClN8O2. The summed E-state index contributed by atoms with van der Waals surface area (Å²) >= 11 is 6.21. The van der Waals surface area contributed by atoms with E-state index in [4.69, 9.17) is 11.6 Å². The number of hydrogen-bond donors (Lipinski definition) is 3. The Bertz CT molecular complexity index is 1390. The Morgan fingerprint density at radius 2 is 1.28 bits per heavy atom. The Morgan fingerprint density at radius 1 is 0.739 bits per heavy atom. The van der Waals surface area contributed by atoms with Crippen LogP contribution in [-0.4, -0.2) is 129 Å². The summed E-state index contributed by atoms with van der Waals surface area (Å²) in [5.41, 5.74) is 4.22. The van der Waals surface area contributed by atoms with Crippen LogP contribution in [0, 0.1) is 0 Å². The number of nitrogens with zero attached hydrogens (tertiary/aromatic N) is 5. The molecule has 2 aliphatic rings. The number of aromatic nitrogens is 1. The van der Waals surface area contributed by atoms with Gasteiger partial charge in [0.15, 0.2) is 0 Å². The van der Waals surface area contributed by atoms with E-state index in [0.29, 0.717) is 18.1 Å². The lowest BCUT2D eigenvalue weighted by molar-refractivity contribution is -0.121. The van der Waals surface area contributed by atoms with Gasteiger partial charge < -0.3 is 35.6 Å². The number of halogens is 1. The van der Waals surface area contributed by atoms with Gasteiger partial charge in [-0.1, -0.05) is 17.7 Å². The number of hydrogen-bond acceptors (Lipinski definition) is 8. The van der Waals surface area contributed by atoms with E-state index < -0.39 is 0 Å². The molecule has 3 N–H and O–H groups in total. The number of nitrogens with one attached hydrogen (secondary N) is 3. The van der Waals surface area contributed by atoms with Gasteiger partial charge in [0.2, 0.25) is 11.8 Å².